The number of carbonyl (C=O) groups is 2. The Morgan fingerprint density at radius 1 is 1.00 bits per heavy atom. The van der Waals surface area contributed by atoms with Crippen LogP contribution in [0.2, 0.25) is 15.1 Å². The summed E-state index contributed by atoms with van der Waals surface area (Å²) in [5.41, 5.74) is 1.44. The van der Waals surface area contributed by atoms with Crippen molar-refractivity contribution in [1.29, 1.82) is 0 Å². The van der Waals surface area contributed by atoms with Gasteiger partial charge in [0.15, 0.2) is 0 Å². The molecule has 2 aromatic carbocycles. The number of hydrogen-bond donors (Lipinski definition) is 1. The monoisotopic (exact) mass is 440 g/mol. The number of amides is 2. The molecule has 0 aliphatic carbocycles. The van der Waals surface area contributed by atoms with Crippen LogP contribution < -0.4 is 5.32 Å². The lowest BCUT2D eigenvalue weighted by Crippen LogP contribution is -2.49. The first-order valence-electron chi connectivity index (χ1n) is 9.11. The van der Waals surface area contributed by atoms with E-state index in [1.165, 1.54) is 0 Å². The molecule has 0 spiro atoms. The van der Waals surface area contributed by atoms with Crippen molar-refractivity contribution in [3.63, 3.8) is 0 Å². The van der Waals surface area contributed by atoms with Crippen molar-refractivity contribution in [3.8, 4) is 0 Å². The maximum Gasteiger partial charge on any atom is 0.242 e. The summed E-state index contributed by atoms with van der Waals surface area (Å²) >= 11 is 18.5. The lowest BCUT2D eigenvalue weighted by Gasteiger charge is -2.31. The molecule has 0 aliphatic heterocycles. The van der Waals surface area contributed by atoms with Crippen molar-refractivity contribution in [1.82, 2.24) is 10.2 Å². The molecule has 0 bridgehead atoms. The normalized spacial score (nSPS) is 11.8. The third-order valence-electron chi connectivity index (χ3n) is 4.39. The maximum absolute atomic E-state index is 13.2. The quantitative estimate of drug-likeness (QED) is 0.617. The number of benzene rings is 2. The van der Waals surface area contributed by atoms with Gasteiger partial charge in [-0.1, -0.05) is 66.0 Å². The van der Waals surface area contributed by atoms with Crippen LogP contribution in [0.15, 0.2) is 42.5 Å². The number of halogens is 3. The highest BCUT2D eigenvalue weighted by Crippen LogP contribution is 2.25. The Balaban J connectivity index is 2.35. The van der Waals surface area contributed by atoms with Gasteiger partial charge in [0, 0.05) is 28.2 Å². The molecule has 7 heteroatoms. The van der Waals surface area contributed by atoms with Crippen LogP contribution >= 0.6 is 34.8 Å². The van der Waals surface area contributed by atoms with Gasteiger partial charge in [-0.05, 0) is 42.7 Å². The lowest BCUT2D eigenvalue weighted by atomic mass is 10.1. The van der Waals surface area contributed by atoms with E-state index in [1.807, 2.05) is 26.0 Å². The Hall–Kier alpha value is -1.75. The number of hydrogen-bond acceptors (Lipinski definition) is 2. The van der Waals surface area contributed by atoms with E-state index >= 15 is 0 Å². The molecular weight excluding hydrogens is 419 g/mol. The van der Waals surface area contributed by atoms with Crippen molar-refractivity contribution >= 4 is 46.6 Å². The molecule has 0 heterocycles. The van der Waals surface area contributed by atoms with Crippen LogP contribution in [0.5, 0.6) is 0 Å². The van der Waals surface area contributed by atoms with Crippen molar-refractivity contribution in [3.05, 3.63) is 68.7 Å². The lowest BCUT2D eigenvalue weighted by molar-refractivity contribution is -0.140. The van der Waals surface area contributed by atoms with E-state index in [9.17, 15) is 9.59 Å². The summed E-state index contributed by atoms with van der Waals surface area (Å²) in [5, 5.41) is 4.29. The predicted molar refractivity (Wildman–Crippen MR) is 115 cm³/mol. The summed E-state index contributed by atoms with van der Waals surface area (Å²) in [6.07, 6.45) is 0.575. The van der Waals surface area contributed by atoms with E-state index in [2.05, 4.69) is 5.32 Å². The first-order chi connectivity index (χ1) is 13.4. The molecule has 0 saturated heterocycles. The molecule has 4 nitrogen and oxygen atoms in total. The molecule has 0 aromatic heterocycles. The number of nitrogens with one attached hydrogen (secondary N) is 1. The Morgan fingerprint density at radius 3 is 2.32 bits per heavy atom. The Labute approximate surface area is 180 Å². The fourth-order valence-electron chi connectivity index (χ4n) is 2.95. The van der Waals surface area contributed by atoms with Gasteiger partial charge in [0.2, 0.25) is 11.8 Å². The molecule has 28 heavy (non-hydrogen) atoms. The zero-order valence-electron chi connectivity index (χ0n) is 15.8. The van der Waals surface area contributed by atoms with Gasteiger partial charge in [-0.3, -0.25) is 9.59 Å². The average molecular weight is 442 g/mol. The molecule has 0 aliphatic rings. The highest BCUT2D eigenvalue weighted by molar-refractivity contribution is 6.35. The third kappa shape index (κ3) is 5.87. The summed E-state index contributed by atoms with van der Waals surface area (Å²) in [5.74, 6) is -0.389. The minimum Gasteiger partial charge on any atom is -0.355 e. The van der Waals surface area contributed by atoms with Crippen molar-refractivity contribution < 1.29 is 9.59 Å². The van der Waals surface area contributed by atoms with Gasteiger partial charge in [0.25, 0.3) is 0 Å². The molecule has 0 radical (unpaired) electrons. The fraction of sp³-hybridized carbons (Fsp3) is 0.333. The molecule has 1 atom stereocenters. The molecule has 0 saturated carbocycles. The summed E-state index contributed by atoms with van der Waals surface area (Å²) in [6, 6.07) is 11.7. The summed E-state index contributed by atoms with van der Waals surface area (Å²) < 4.78 is 0. The number of nitrogens with zero attached hydrogens (tertiary/aromatic N) is 1. The molecule has 2 aromatic rings. The van der Waals surface area contributed by atoms with Crippen molar-refractivity contribution in [2.24, 2.45) is 0 Å². The van der Waals surface area contributed by atoms with Crippen LogP contribution in [0, 0.1) is 0 Å². The topological polar surface area (TPSA) is 49.4 Å². The first kappa shape index (κ1) is 22.5. The van der Waals surface area contributed by atoms with Crippen LogP contribution in [0.1, 0.15) is 31.4 Å². The van der Waals surface area contributed by atoms with Crippen molar-refractivity contribution in [2.45, 2.75) is 39.3 Å². The van der Waals surface area contributed by atoms with E-state index in [1.54, 1.807) is 35.2 Å². The summed E-state index contributed by atoms with van der Waals surface area (Å²) in [4.78, 5) is 27.3. The zero-order valence-corrected chi connectivity index (χ0v) is 18.1. The second-order valence-corrected chi connectivity index (χ2v) is 7.60. The SMILES string of the molecule is CCNC(=O)[C@H](CC)N(Cc1ccc(Cl)cc1Cl)C(=O)Cc1ccccc1Cl. The smallest absolute Gasteiger partial charge is 0.242 e. The first-order valence-corrected chi connectivity index (χ1v) is 10.2. The molecule has 0 unspecified atom stereocenters. The summed E-state index contributed by atoms with van der Waals surface area (Å²) in [7, 11) is 0. The molecule has 2 amide bonds. The standard InChI is InChI=1S/C21H23Cl3N2O2/c1-3-19(21(28)25-4-2)26(13-15-9-10-16(22)12-18(15)24)20(27)11-14-7-5-6-8-17(14)23/h5-10,12,19H,3-4,11,13H2,1-2H3,(H,25,28)/t19-/m0/s1. The van der Waals surface area contributed by atoms with Crippen LogP contribution in [0.3, 0.4) is 0 Å². The Bertz CT molecular complexity index is 842. The van der Waals surface area contributed by atoms with Gasteiger partial charge >= 0.3 is 0 Å². The van der Waals surface area contributed by atoms with E-state index in [4.69, 9.17) is 34.8 Å². The van der Waals surface area contributed by atoms with Gasteiger partial charge in [0.1, 0.15) is 6.04 Å². The highest BCUT2D eigenvalue weighted by atomic mass is 35.5. The molecule has 1 N–H and O–H groups in total. The molecule has 2 rings (SSSR count). The molecule has 150 valence electrons. The number of likely N-dealkylation sites (N-methyl/N-ethyl adjacent to an activating group) is 1. The van der Waals surface area contributed by atoms with E-state index in [-0.39, 0.29) is 24.8 Å². The zero-order chi connectivity index (χ0) is 20.7. The Morgan fingerprint density at radius 2 is 1.71 bits per heavy atom. The maximum atomic E-state index is 13.2. The second kappa shape index (κ2) is 10.7. The van der Waals surface area contributed by atoms with E-state index in [0.29, 0.717) is 33.6 Å². The largest absolute Gasteiger partial charge is 0.355 e. The average Bonchev–Trinajstić information content (AvgIpc) is 2.65. The minimum absolute atomic E-state index is 0.0980. The van der Waals surface area contributed by atoms with Crippen LogP contribution in [0.4, 0.5) is 0 Å². The van der Waals surface area contributed by atoms with Gasteiger partial charge in [-0.15, -0.1) is 0 Å². The Kier molecular flexibility index (Phi) is 8.61. The van der Waals surface area contributed by atoms with Crippen LogP contribution in [-0.2, 0) is 22.6 Å². The van der Waals surface area contributed by atoms with Crippen LogP contribution in [0.25, 0.3) is 0 Å². The van der Waals surface area contributed by atoms with Gasteiger partial charge in [0.05, 0.1) is 6.42 Å². The number of carbonyl (C=O) groups excluding carboxylic acids is 2. The minimum atomic E-state index is -0.610. The molecule has 0 fully saturated rings. The fourth-order valence-corrected chi connectivity index (χ4v) is 3.62. The highest BCUT2D eigenvalue weighted by Gasteiger charge is 2.29. The molecular formula is C21H23Cl3N2O2. The third-order valence-corrected chi connectivity index (χ3v) is 5.35. The summed E-state index contributed by atoms with van der Waals surface area (Å²) in [6.45, 7) is 4.41. The van der Waals surface area contributed by atoms with Gasteiger partial charge in [-0.2, -0.15) is 0 Å². The second-order valence-electron chi connectivity index (χ2n) is 6.34. The number of rotatable bonds is 8. The van der Waals surface area contributed by atoms with E-state index < -0.39 is 6.04 Å². The van der Waals surface area contributed by atoms with E-state index in [0.717, 1.165) is 5.56 Å². The van der Waals surface area contributed by atoms with Crippen molar-refractivity contribution in [2.75, 3.05) is 6.54 Å². The predicted octanol–water partition coefficient (Wildman–Crippen LogP) is 5.13. The van der Waals surface area contributed by atoms with Gasteiger partial charge < -0.3 is 10.2 Å². The van der Waals surface area contributed by atoms with Crippen LogP contribution in [-0.4, -0.2) is 29.3 Å². The van der Waals surface area contributed by atoms with Gasteiger partial charge in [-0.25, -0.2) is 0 Å².